The zero-order valence-electron chi connectivity index (χ0n) is 16.5. The fraction of sp³-hybridized carbons (Fsp3) is 0.300. The third-order valence-electron chi connectivity index (χ3n) is 4.18. The van der Waals surface area contributed by atoms with Crippen LogP contribution in [0.4, 0.5) is 5.69 Å². The van der Waals surface area contributed by atoms with Crippen LogP contribution in [0.25, 0.3) is 0 Å². The Morgan fingerprint density at radius 1 is 1.04 bits per heavy atom. The summed E-state index contributed by atoms with van der Waals surface area (Å²) >= 11 is 0. The second-order valence-corrected chi connectivity index (χ2v) is 8.82. The Morgan fingerprint density at radius 2 is 1.64 bits per heavy atom. The fourth-order valence-electron chi connectivity index (χ4n) is 2.35. The van der Waals surface area contributed by atoms with E-state index in [-0.39, 0.29) is 10.5 Å². The van der Waals surface area contributed by atoms with Gasteiger partial charge in [-0.25, -0.2) is 17.5 Å². The number of rotatable bonds is 6. The van der Waals surface area contributed by atoms with Crippen molar-refractivity contribution < 1.29 is 22.7 Å². The lowest BCUT2D eigenvalue weighted by Gasteiger charge is -2.16. The largest absolute Gasteiger partial charge is 0.449 e. The van der Waals surface area contributed by atoms with E-state index in [1.165, 1.54) is 39.2 Å². The van der Waals surface area contributed by atoms with E-state index < -0.39 is 28.0 Å². The lowest BCUT2D eigenvalue weighted by Crippen LogP contribution is -2.30. The topological polar surface area (TPSA) is 92.8 Å². The number of amides is 1. The molecule has 0 aliphatic carbocycles. The van der Waals surface area contributed by atoms with E-state index in [1.807, 2.05) is 19.1 Å². The van der Waals surface area contributed by atoms with Crippen LogP contribution in [0.1, 0.15) is 28.4 Å². The maximum Gasteiger partial charge on any atom is 0.339 e. The van der Waals surface area contributed by atoms with E-state index in [0.717, 1.165) is 9.87 Å². The standard InChI is InChI=1S/C20H24N2O5S/c1-13-6-9-16(10-7-13)21-19(23)15(3)27-20(24)18-12-17(11-8-14(18)2)28(25,26)22(4)5/h6-12,15H,1-5H3,(H,21,23)/t15-/m0/s1. The molecule has 1 atom stereocenters. The van der Waals surface area contributed by atoms with E-state index >= 15 is 0 Å². The van der Waals surface area contributed by atoms with Crippen LogP contribution in [-0.2, 0) is 19.6 Å². The molecule has 1 N–H and O–H groups in total. The molecular formula is C20H24N2O5S. The van der Waals surface area contributed by atoms with E-state index in [0.29, 0.717) is 11.3 Å². The molecule has 0 unspecified atom stereocenters. The molecule has 0 heterocycles. The van der Waals surface area contributed by atoms with Gasteiger partial charge in [0, 0.05) is 19.8 Å². The lowest BCUT2D eigenvalue weighted by atomic mass is 10.1. The highest BCUT2D eigenvalue weighted by atomic mass is 32.2. The Bertz CT molecular complexity index is 982. The minimum atomic E-state index is -3.69. The Kier molecular flexibility index (Phi) is 6.58. The lowest BCUT2D eigenvalue weighted by molar-refractivity contribution is -0.123. The normalized spacial score (nSPS) is 12.5. The number of aryl methyl sites for hydroxylation is 2. The van der Waals surface area contributed by atoms with Gasteiger partial charge in [-0.3, -0.25) is 4.79 Å². The monoisotopic (exact) mass is 404 g/mol. The predicted octanol–water partition coefficient (Wildman–Crippen LogP) is 2.74. The van der Waals surface area contributed by atoms with Crippen LogP contribution in [0, 0.1) is 13.8 Å². The molecule has 8 heteroatoms. The summed E-state index contributed by atoms with van der Waals surface area (Å²) in [6.45, 7) is 5.06. The Balaban J connectivity index is 2.15. The van der Waals surface area contributed by atoms with Crippen molar-refractivity contribution in [1.29, 1.82) is 0 Å². The van der Waals surface area contributed by atoms with Gasteiger partial charge in [0.25, 0.3) is 5.91 Å². The van der Waals surface area contributed by atoms with Crippen LogP contribution in [0.3, 0.4) is 0 Å². The number of hydrogen-bond donors (Lipinski definition) is 1. The van der Waals surface area contributed by atoms with Crippen LogP contribution in [0.5, 0.6) is 0 Å². The van der Waals surface area contributed by atoms with Gasteiger partial charge in [0.1, 0.15) is 0 Å². The van der Waals surface area contributed by atoms with Gasteiger partial charge in [-0.2, -0.15) is 0 Å². The quantitative estimate of drug-likeness (QED) is 0.748. The molecule has 150 valence electrons. The Labute approximate surface area is 165 Å². The van der Waals surface area contributed by atoms with Crippen molar-refractivity contribution in [2.45, 2.75) is 31.8 Å². The molecule has 2 aromatic carbocycles. The summed E-state index contributed by atoms with van der Waals surface area (Å²) < 4.78 is 30.9. The average molecular weight is 404 g/mol. The number of ether oxygens (including phenoxy) is 1. The second kappa shape index (κ2) is 8.53. The van der Waals surface area contributed by atoms with Crippen LogP contribution in [0.2, 0.25) is 0 Å². The molecule has 2 aromatic rings. The first-order valence-corrected chi connectivity index (χ1v) is 10.1. The first kappa shape index (κ1) is 21.6. The SMILES string of the molecule is Cc1ccc(NC(=O)[C@H](C)OC(=O)c2cc(S(=O)(=O)N(C)C)ccc2C)cc1. The first-order valence-electron chi connectivity index (χ1n) is 8.64. The van der Waals surface area contributed by atoms with Crippen molar-refractivity contribution in [2.75, 3.05) is 19.4 Å². The van der Waals surface area contributed by atoms with Crippen LogP contribution in [-0.4, -0.2) is 44.8 Å². The summed E-state index contributed by atoms with van der Waals surface area (Å²) in [5, 5.41) is 2.67. The zero-order chi connectivity index (χ0) is 21.1. The highest BCUT2D eigenvalue weighted by molar-refractivity contribution is 7.89. The molecule has 0 radical (unpaired) electrons. The van der Waals surface area contributed by atoms with Gasteiger partial charge in [0.2, 0.25) is 10.0 Å². The number of nitrogens with zero attached hydrogens (tertiary/aromatic N) is 1. The van der Waals surface area contributed by atoms with Crippen molar-refractivity contribution in [3.63, 3.8) is 0 Å². The molecular weight excluding hydrogens is 380 g/mol. The number of carbonyl (C=O) groups is 2. The maximum atomic E-state index is 12.5. The predicted molar refractivity (Wildman–Crippen MR) is 107 cm³/mol. The minimum Gasteiger partial charge on any atom is -0.449 e. The van der Waals surface area contributed by atoms with Crippen molar-refractivity contribution in [3.8, 4) is 0 Å². The van der Waals surface area contributed by atoms with Gasteiger partial charge in [0.05, 0.1) is 10.5 Å². The van der Waals surface area contributed by atoms with Crippen LogP contribution < -0.4 is 5.32 Å². The molecule has 0 aliphatic heterocycles. The summed E-state index contributed by atoms with van der Waals surface area (Å²) in [6.07, 6.45) is -1.05. The molecule has 0 saturated carbocycles. The summed E-state index contributed by atoms with van der Waals surface area (Å²) in [7, 11) is -0.878. The number of benzene rings is 2. The smallest absolute Gasteiger partial charge is 0.339 e. The van der Waals surface area contributed by atoms with E-state index in [2.05, 4.69) is 5.32 Å². The molecule has 0 aromatic heterocycles. The highest BCUT2D eigenvalue weighted by Crippen LogP contribution is 2.19. The summed E-state index contributed by atoms with van der Waals surface area (Å²) in [5.41, 5.74) is 2.29. The minimum absolute atomic E-state index is 0.0215. The zero-order valence-corrected chi connectivity index (χ0v) is 17.3. The number of nitrogens with one attached hydrogen (secondary N) is 1. The van der Waals surface area contributed by atoms with E-state index in [1.54, 1.807) is 19.1 Å². The van der Waals surface area contributed by atoms with Crippen molar-refractivity contribution in [1.82, 2.24) is 4.31 Å². The number of carbonyl (C=O) groups excluding carboxylic acids is 2. The average Bonchev–Trinajstić information content (AvgIpc) is 2.63. The Morgan fingerprint density at radius 3 is 2.21 bits per heavy atom. The van der Waals surface area contributed by atoms with Gasteiger partial charge in [-0.15, -0.1) is 0 Å². The molecule has 0 bridgehead atoms. The summed E-state index contributed by atoms with van der Waals surface area (Å²) in [4.78, 5) is 24.8. The van der Waals surface area contributed by atoms with Crippen LogP contribution >= 0.6 is 0 Å². The van der Waals surface area contributed by atoms with E-state index in [9.17, 15) is 18.0 Å². The Hall–Kier alpha value is -2.71. The molecule has 0 spiro atoms. The molecule has 28 heavy (non-hydrogen) atoms. The number of hydrogen-bond acceptors (Lipinski definition) is 5. The maximum absolute atomic E-state index is 12.5. The molecule has 0 saturated heterocycles. The van der Waals surface area contributed by atoms with E-state index in [4.69, 9.17) is 4.74 Å². The molecule has 7 nitrogen and oxygen atoms in total. The summed E-state index contributed by atoms with van der Waals surface area (Å²) in [6, 6.07) is 11.4. The number of sulfonamides is 1. The van der Waals surface area contributed by atoms with Gasteiger partial charge in [-0.05, 0) is 50.6 Å². The van der Waals surface area contributed by atoms with Gasteiger partial charge in [0.15, 0.2) is 6.10 Å². The van der Waals surface area contributed by atoms with Gasteiger partial charge < -0.3 is 10.1 Å². The van der Waals surface area contributed by atoms with Crippen molar-refractivity contribution in [3.05, 3.63) is 59.2 Å². The molecule has 0 aliphatic rings. The molecule has 0 fully saturated rings. The van der Waals surface area contributed by atoms with Crippen LogP contribution in [0.15, 0.2) is 47.4 Å². The second-order valence-electron chi connectivity index (χ2n) is 6.67. The molecule has 2 rings (SSSR count). The third-order valence-corrected chi connectivity index (χ3v) is 5.99. The molecule has 1 amide bonds. The van der Waals surface area contributed by atoms with Gasteiger partial charge >= 0.3 is 5.97 Å². The number of anilines is 1. The van der Waals surface area contributed by atoms with Crippen molar-refractivity contribution in [2.24, 2.45) is 0 Å². The summed E-state index contributed by atoms with van der Waals surface area (Å²) in [5.74, 6) is -1.24. The fourth-order valence-corrected chi connectivity index (χ4v) is 3.28. The first-order chi connectivity index (χ1) is 13.0. The third kappa shape index (κ3) is 4.96. The van der Waals surface area contributed by atoms with Gasteiger partial charge in [-0.1, -0.05) is 23.8 Å². The highest BCUT2D eigenvalue weighted by Gasteiger charge is 2.23. The van der Waals surface area contributed by atoms with Crippen molar-refractivity contribution >= 4 is 27.6 Å². The number of esters is 1.